The van der Waals surface area contributed by atoms with Gasteiger partial charge < -0.3 is 0 Å². The van der Waals surface area contributed by atoms with E-state index in [0.717, 1.165) is 5.56 Å². The SMILES string of the molecule is N#Cc1ccc(C#CCF)cc1. The van der Waals surface area contributed by atoms with Crippen molar-refractivity contribution >= 4 is 0 Å². The lowest BCUT2D eigenvalue weighted by Gasteiger charge is -1.88. The second kappa shape index (κ2) is 4.16. The smallest absolute Gasteiger partial charge is 0.150 e. The summed E-state index contributed by atoms with van der Waals surface area (Å²) in [4.78, 5) is 0. The Bertz CT molecular complexity index is 348. The van der Waals surface area contributed by atoms with Crippen molar-refractivity contribution in [3.63, 3.8) is 0 Å². The molecule has 0 saturated carbocycles. The lowest BCUT2D eigenvalue weighted by Crippen LogP contribution is -1.76. The molecule has 2 heteroatoms. The fourth-order valence-corrected chi connectivity index (χ4v) is 0.764. The van der Waals surface area contributed by atoms with E-state index in [0.29, 0.717) is 5.56 Å². The van der Waals surface area contributed by atoms with Gasteiger partial charge in [0.25, 0.3) is 0 Å². The standard InChI is InChI=1S/C10H6FN/c11-7-1-2-9-3-5-10(8-12)6-4-9/h3-6H,7H2. The molecule has 1 nitrogen and oxygen atoms in total. The predicted octanol–water partition coefficient (Wildman–Crippen LogP) is 1.88. The van der Waals surface area contributed by atoms with Crippen LogP contribution in [0.3, 0.4) is 0 Å². The number of halogens is 1. The van der Waals surface area contributed by atoms with Gasteiger partial charge in [0.15, 0.2) is 6.67 Å². The Hall–Kier alpha value is -1.80. The van der Waals surface area contributed by atoms with Crippen molar-refractivity contribution in [2.24, 2.45) is 0 Å². The molecule has 0 saturated heterocycles. The second-order valence-electron chi connectivity index (χ2n) is 2.12. The number of nitriles is 1. The molecule has 58 valence electrons. The normalized spacial score (nSPS) is 8.00. The topological polar surface area (TPSA) is 23.8 Å². The van der Waals surface area contributed by atoms with E-state index in [9.17, 15) is 4.39 Å². The van der Waals surface area contributed by atoms with Crippen molar-refractivity contribution in [1.82, 2.24) is 0 Å². The van der Waals surface area contributed by atoms with Gasteiger partial charge in [-0.05, 0) is 24.3 Å². The van der Waals surface area contributed by atoms with Crippen LogP contribution in [0, 0.1) is 23.2 Å². The highest BCUT2D eigenvalue weighted by atomic mass is 19.1. The molecule has 0 aliphatic heterocycles. The monoisotopic (exact) mass is 159 g/mol. The predicted molar refractivity (Wildman–Crippen MR) is 44.0 cm³/mol. The van der Waals surface area contributed by atoms with Crippen LogP contribution in [0.25, 0.3) is 0 Å². The van der Waals surface area contributed by atoms with Crippen molar-refractivity contribution in [2.45, 2.75) is 0 Å². The van der Waals surface area contributed by atoms with Gasteiger partial charge in [-0.1, -0.05) is 11.8 Å². The van der Waals surface area contributed by atoms with Gasteiger partial charge in [-0.2, -0.15) is 5.26 Å². The fraction of sp³-hybridized carbons (Fsp3) is 0.100. The lowest BCUT2D eigenvalue weighted by atomic mass is 10.1. The van der Waals surface area contributed by atoms with Crippen LogP contribution >= 0.6 is 0 Å². The summed E-state index contributed by atoms with van der Waals surface area (Å²) in [6.07, 6.45) is 0. The van der Waals surface area contributed by atoms with E-state index in [1.807, 2.05) is 6.07 Å². The maximum Gasteiger partial charge on any atom is 0.150 e. The van der Waals surface area contributed by atoms with Crippen LogP contribution in [0.4, 0.5) is 4.39 Å². The molecule has 0 atom stereocenters. The molecule has 0 radical (unpaired) electrons. The van der Waals surface area contributed by atoms with E-state index in [1.165, 1.54) is 0 Å². The Balaban J connectivity index is 2.87. The van der Waals surface area contributed by atoms with Crippen molar-refractivity contribution in [2.75, 3.05) is 6.67 Å². The number of benzene rings is 1. The third kappa shape index (κ3) is 2.11. The number of hydrogen-bond donors (Lipinski definition) is 0. The zero-order valence-corrected chi connectivity index (χ0v) is 6.34. The van der Waals surface area contributed by atoms with E-state index >= 15 is 0 Å². The molecule has 12 heavy (non-hydrogen) atoms. The van der Waals surface area contributed by atoms with Crippen LogP contribution in [0.2, 0.25) is 0 Å². The third-order valence-electron chi connectivity index (χ3n) is 1.31. The van der Waals surface area contributed by atoms with Gasteiger partial charge in [-0.15, -0.1) is 0 Å². The molecule has 0 fully saturated rings. The molecule has 0 spiro atoms. The molecule has 0 heterocycles. The van der Waals surface area contributed by atoms with E-state index in [4.69, 9.17) is 5.26 Å². The summed E-state index contributed by atoms with van der Waals surface area (Å²) < 4.78 is 11.6. The number of rotatable bonds is 0. The molecule has 0 aliphatic carbocycles. The van der Waals surface area contributed by atoms with Crippen LogP contribution in [0.15, 0.2) is 24.3 Å². The number of alkyl halides is 1. The zero-order valence-electron chi connectivity index (χ0n) is 6.34. The van der Waals surface area contributed by atoms with Crippen molar-refractivity contribution < 1.29 is 4.39 Å². The van der Waals surface area contributed by atoms with Crippen molar-refractivity contribution in [3.8, 4) is 17.9 Å². The highest BCUT2D eigenvalue weighted by Crippen LogP contribution is 2.00. The average molecular weight is 159 g/mol. The van der Waals surface area contributed by atoms with Crippen molar-refractivity contribution in [3.05, 3.63) is 35.4 Å². The first kappa shape index (κ1) is 8.30. The Labute approximate surface area is 70.4 Å². The minimum Gasteiger partial charge on any atom is -0.237 e. The summed E-state index contributed by atoms with van der Waals surface area (Å²) in [7, 11) is 0. The first-order chi connectivity index (χ1) is 5.86. The lowest BCUT2D eigenvalue weighted by molar-refractivity contribution is 0.573. The highest BCUT2D eigenvalue weighted by molar-refractivity contribution is 5.39. The van der Waals surface area contributed by atoms with Gasteiger partial charge in [0.1, 0.15) is 0 Å². The molecule has 1 rings (SSSR count). The molecule has 0 aromatic heterocycles. The summed E-state index contributed by atoms with van der Waals surface area (Å²) in [5.74, 6) is 4.91. The molecule has 0 aliphatic rings. The summed E-state index contributed by atoms with van der Waals surface area (Å²) in [5.41, 5.74) is 1.31. The Morgan fingerprint density at radius 3 is 2.25 bits per heavy atom. The Morgan fingerprint density at radius 2 is 1.75 bits per heavy atom. The molecule has 0 unspecified atom stereocenters. The molecule has 0 amide bonds. The minimum absolute atomic E-state index is 0.584. The molecule has 1 aromatic carbocycles. The quantitative estimate of drug-likeness (QED) is 0.530. The summed E-state index contributed by atoms with van der Waals surface area (Å²) in [6.45, 7) is -0.639. The maximum absolute atomic E-state index is 11.6. The summed E-state index contributed by atoms with van der Waals surface area (Å²) >= 11 is 0. The molecule has 1 aromatic rings. The largest absolute Gasteiger partial charge is 0.237 e. The van der Waals surface area contributed by atoms with Crippen molar-refractivity contribution in [1.29, 1.82) is 5.26 Å². The summed E-state index contributed by atoms with van der Waals surface area (Å²) in [5, 5.41) is 8.46. The van der Waals surface area contributed by atoms with Gasteiger partial charge in [0, 0.05) is 5.56 Å². The van der Waals surface area contributed by atoms with Gasteiger partial charge in [0.05, 0.1) is 11.6 Å². The van der Waals surface area contributed by atoms with E-state index in [2.05, 4.69) is 11.8 Å². The third-order valence-corrected chi connectivity index (χ3v) is 1.31. The molecule has 0 bridgehead atoms. The van der Waals surface area contributed by atoms with Crippen LogP contribution in [0.5, 0.6) is 0 Å². The second-order valence-corrected chi connectivity index (χ2v) is 2.12. The fourth-order valence-electron chi connectivity index (χ4n) is 0.764. The minimum atomic E-state index is -0.639. The molecular formula is C10H6FN. The zero-order chi connectivity index (χ0) is 8.81. The first-order valence-electron chi connectivity index (χ1n) is 3.42. The number of hydrogen-bond acceptors (Lipinski definition) is 1. The van der Waals surface area contributed by atoms with Gasteiger partial charge in [-0.25, -0.2) is 4.39 Å². The molecule has 0 N–H and O–H groups in total. The van der Waals surface area contributed by atoms with E-state index in [-0.39, 0.29) is 0 Å². The van der Waals surface area contributed by atoms with Crippen LogP contribution in [-0.2, 0) is 0 Å². The van der Waals surface area contributed by atoms with E-state index < -0.39 is 6.67 Å². The van der Waals surface area contributed by atoms with Gasteiger partial charge in [0.2, 0.25) is 0 Å². The Morgan fingerprint density at radius 1 is 1.17 bits per heavy atom. The highest BCUT2D eigenvalue weighted by Gasteiger charge is 1.88. The van der Waals surface area contributed by atoms with E-state index in [1.54, 1.807) is 24.3 Å². The van der Waals surface area contributed by atoms with Crippen LogP contribution in [-0.4, -0.2) is 6.67 Å². The first-order valence-corrected chi connectivity index (χ1v) is 3.42. The van der Waals surface area contributed by atoms with Gasteiger partial charge in [-0.3, -0.25) is 0 Å². The van der Waals surface area contributed by atoms with Crippen LogP contribution in [0.1, 0.15) is 11.1 Å². The van der Waals surface area contributed by atoms with Crippen LogP contribution < -0.4 is 0 Å². The Kier molecular flexibility index (Phi) is 2.87. The average Bonchev–Trinajstić information content (AvgIpc) is 2.15. The number of nitrogens with zero attached hydrogens (tertiary/aromatic N) is 1. The molecular weight excluding hydrogens is 153 g/mol. The maximum atomic E-state index is 11.6. The van der Waals surface area contributed by atoms with Gasteiger partial charge >= 0.3 is 0 Å². The summed E-state index contributed by atoms with van der Waals surface area (Å²) in [6, 6.07) is 8.69.